The van der Waals surface area contributed by atoms with E-state index in [1.807, 2.05) is 19.1 Å². The standard InChI is InChI=1S/C15H19N3O/c1-9(2)11-5-6-12(13(8-11)19-4)15-17-10(3)7-14(16)18-15/h5-9H,1-4H3,(H2,16,17,18). The summed E-state index contributed by atoms with van der Waals surface area (Å²) in [4.78, 5) is 8.69. The second kappa shape index (κ2) is 5.26. The van der Waals surface area contributed by atoms with Crippen LogP contribution in [0.25, 0.3) is 11.4 Å². The Hall–Kier alpha value is -2.10. The highest BCUT2D eigenvalue weighted by Gasteiger charge is 2.12. The number of nitrogens with two attached hydrogens (primary N) is 1. The summed E-state index contributed by atoms with van der Waals surface area (Å²) >= 11 is 0. The van der Waals surface area contributed by atoms with Gasteiger partial charge in [-0.25, -0.2) is 9.97 Å². The summed E-state index contributed by atoms with van der Waals surface area (Å²) in [5.41, 5.74) is 8.71. The van der Waals surface area contributed by atoms with Gasteiger partial charge in [-0.3, -0.25) is 0 Å². The lowest BCUT2D eigenvalue weighted by Gasteiger charge is -2.12. The van der Waals surface area contributed by atoms with Crippen molar-refractivity contribution in [2.45, 2.75) is 26.7 Å². The lowest BCUT2D eigenvalue weighted by Crippen LogP contribution is -2.00. The predicted octanol–water partition coefficient (Wildman–Crippen LogP) is 3.17. The van der Waals surface area contributed by atoms with Gasteiger partial charge in [-0.05, 0) is 30.5 Å². The SMILES string of the molecule is COc1cc(C(C)C)ccc1-c1nc(C)cc(N)n1. The summed E-state index contributed by atoms with van der Waals surface area (Å²) in [6, 6.07) is 7.84. The van der Waals surface area contributed by atoms with E-state index >= 15 is 0 Å². The van der Waals surface area contributed by atoms with Crippen LogP contribution in [-0.4, -0.2) is 17.1 Å². The quantitative estimate of drug-likeness (QED) is 0.917. The number of hydrogen-bond acceptors (Lipinski definition) is 4. The Kier molecular flexibility index (Phi) is 3.69. The van der Waals surface area contributed by atoms with Crippen molar-refractivity contribution in [3.05, 3.63) is 35.5 Å². The molecule has 0 aliphatic heterocycles. The third kappa shape index (κ3) is 2.84. The molecule has 0 radical (unpaired) electrons. The topological polar surface area (TPSA) is 61.0 Å². The fraction of sp³-hybridized carbons (Fsp3) is 0.333. The van der Waals surface area contributed by atoms with Gasteiger partial charge in [0, 0.05) is 11.8 Å². The maximum absolute atomic E-state index is 5.77. The van der Waals surface area contributed by atoms with Gasteiger partial charge < -0.3 is 10.5 Å². The highest BCUT2D eigenvalue weighted by atomic mass is 16.5. The predicted molar refractivity (Wildman–Crippen MR) is 77.3 cm³/mol. The second-order valence-corrected chi connectivity index (χ2v) is 4.87. The first kappa shape index (κ1) is 13.3. The molecule has 2 N–H and O–H groups in total. The zero-order valence-electron chi connectivity index (χ0n) is 11.8. The fourth-order valence-electron chi connectivity index (χ4n) is 1.97. The van der Waals surface area contributed by atoms with Crippen LogP contribution >= 0.6 is 0 Å². The molecule has 0 amide bonds. The number of hydrogen-bond donors (Lipinski definition) is 1. The maximum atomic E-state index is 5.77. The molecule has 19 heavy (non-hydrogen) atoms. The van der Waals surface area contributed by atoms with Gasteiger partial charge in [-0.15, -0.1) is 0 Å². The van der Waals surface area contributed by atoms with E-state index in [2.05, 4.69) is 29.9 Å². The van der Waals surface area contributed by atoms with Crippen LogP contribution in [0.3, 0.4) is 0 Å². The van der Waals surface area contributed by atoms with Crippen molar-refractivity contribution >= 4 is 5.82 Å². The van der Waals surface area contributed by atoms with Crippen LogP contribution in [0.15, 0.2) is 24.3 Å². The molecule has 0 aliphatic rings. The maximum Gasteiger partial charge on any atom is 0.165 e. The van der Waals surface area contributed by atoms with Gasteiger partial charge in [0.1, 0.15) is 11.6 Å². The smallest absolute Gasteiger partial charge is 0.165 e. The average molecular weight is 257 g/mol. The van der Waals surface area contributed by atoms with Gasteiger partial charge in [-0.2, -0.15) is 0 Å². The first-order valence-corrected chi connectivity index (χ1v) is 6.30. The molecule has 0 fully saturated rings. The van der Waals surface area contributed by atoms with E-state index in [1.165, 1.54) is 5.56 Å². The molecular formula is C15H19N3O. The Morgan fingerprint density at radius 2 is 1.89 bits per heavy atom. The van der Waals surface area contributed by atoms with Crippen LogP contribution in [0.1, 0.15) is 31.0 Å². The van der Waals surface area contributed by atoms with Crippen molar-refractivity contribution in [3.63, 3.8) is 0 Å². The van der Waals surface area contributed by atoms with Crippen molar-refractivity contribution in [1.82, 2.24) is 9.97 Å². The van der Waals surface area contributed by atoms with Crippen LogP contribution < -0.4 is 10.5 Å². The van der Waals surface area contributed by atoms with Crippen LogP contribution in [0.4, 0.5) is 5.82 Å². The van der Waals surface area contributed by atoms with E-state index in [-0.39, 0.29) is 0 Å². The van der Waals surface area contributed by atoms with Crippen molar-refractivity contribution < 1.29 is 4.74 Å². The highest BCUT2D eigenvalue weighted by Crippen LogP contribution is 2.31. The van der Waals surface area contributed by atoms with Crippen molar-refractivity contribution in [1.29, 1.82) is 0 Å². The van der Waals surface area contributed by atoms with Crippen LogP contribution in [0.5, 0.6) is 5.75 Å². The molecule has 4 nitrogen and oxygen atoms in total. The molecule has 0 atom stereocenters. The van der Waals surface area contributed by atoms with Crippen molar-refractivity contribution in [2.24, 2.45) is 0 Å². The molecule has 4 heteroatoms. The Bertz CT molecular complexity index is 574. The van der Waals surface area contributed by atoms with Gasteiger partial charge in [0.25, 0.3) is 0 Å². The fourth-order valence-corrected chi connectivity index (χ4v) is 1.97. The Balaban J connectivity index is 2.55. The van der Waals surface area contributed by atoms with E-state index < -0.39 is 0 Å². The first-order valence-electron chi connectivity index (χ1n) is 6.30. The number of aromatic nitrogens is 2. The molecule has 0 aliphatic carbocycles. The van der Waals surface area contributed by atoms with Gasteiger partial charge in [-0.1, -0.05) is 19.9 Å². The molecule has 0 unspecified atom stereocenters. The summed E-state index contributed by atoms with van der Waals surface area (Å²) in [7, 11) is 1.65. The van der Waals surface area contributed by atoms with Crippen LogP contribution in [0, 0.1) is 6.92 Å². The molecule has 1 aromatic heterocycles. The third-order valence-corrected chi connectivity index (χ3v) is 3.01. The summed E-state index contributed by atoms with van der Waals surface area (Å²) in [6.07, 6.45) is 0. The number of ether oxygens (including phenoxy) is 1. The number of rotatable bonds is 3. The average Bonchev–Trinajstić information content (AvgIpc) is 2.36. The number of nitrogen functional groups attached to an aromatic ring is 1. The monoisotopic (exact) mass is 257 g/mol. The van der Waals surface area contributed by atoms with Gasteiger partial charge >= 0.3 is 0 Å². The van der Waals surface area contributed by atoms with E-state index in [4.69, 9.17) is 10.5 Å². The summed E-state index contributed by atoms with van der Waals surface area (Å²) in [5.74, 6) is 2.30. The molecule has 2 aromatic rings. The Morgan fingerprint density at radius 3 is 2.47 bits per heavy atom. The van der Waals surface area contributed by atoms with Crippen LogP contribution in [0.2, 0.25) is 0 Å². The van der Waals surface area contributed by atoms with E-state index in [0.29, 0.717) is 17.6 Å². The molecule has 0 saturated heterocycles. The zero-order chi connectivity index (χ0) is 14.0. The highest BCUT2D eigenvalue weighted by molar-refractivity contribution is 5.66. The first-order chi connectivity index (χ1) is 9.01. The van der Waals surface area contributed by atoms with Crippen molar-refractivity contribution in [2.75, 3.05) is 12.8 Å². The number of benzene rings is 1. The van der Waals surface area contributed by atoms with Crippen molar-refractivity contribution in [3.8, 4) is 17.1 Å². The number of methoxy groups -OCH3 is 1. The molecule has 1 aromatic carbocycles. The molecule has 0 bridgehead atoms. The van der Waals surface area contributed by atoms with Crippen LogP contribution in [-0.2, 0) is 0 Å². The van der Waals surface area contributed by atoms with Gasteiger partial charge in [0.05, 0.1) is 12.7 Å². The third-order valence-electron chi connectivity index (χ3n) is 3.01. The Labute approximate surface area is 113 Å². The molecule has 0 saturated carbocycles. The molecule has 100 valence electrons. The lowest BCUT2D eigenvalue weighted by molar-refractivity contribution is 0.415. The number of aryl methyl sites for hydroxylation is 1. The largest absolute Gasteiger partial charge is 0.496 e. The normalized spacial score (nSPS) is 10.8. The number of nitrogens with zero attached hydrogens (tertiary/aromatic N) is 2. The van der Waals surface area contributed by atoms with Gasteiger partial charge in [0.2, 0.25) is 0 Å². The molecule has 2 rings (SSSR count). The van der Waals surface area contributed by atoms with Gasteiger partial charge in [0.15, 0.2) is 5.82 Å². The zero-order valence-corrected chi connectivity index (χ0v) is 11.8. The minimum atomic E-state index is 0.450. The summed E-state index contributed by atoms with van der Waals surface area (Å²) in [5, 5.41) is 0. The second-order valence-electron chi connectivity index (χ2n) is 4.87. The minimum Gasteiger partial charge on any atom is -0.496 e. The minimum absolute atomic E-state index is 0.450. The summed E-state index contributed by atoms with van der Waals surface area (Å²) in [6.45, 7) is 6.20. The molecular weight excluding hydrogens is 238 g/mol. The Morgan fingerprint density at radius 1 is 1.16 bits per heavy atom. The molecule has 1 heterocycles. The van der Waals surface area contributed by atoms with E-state index in [1.54, 1.807) is 13.2 Å². The molecule has 0 spiro atoms. The number of anilines is 1. The lowest BCUT2D eigenvalue weighted by atomic mass is 10.0. The summed E-state index contributed by atoms with van der Waals surface area (Å²) < 4.78 is 5.45. The van der Waals surface area contributed by atoms with E-state index in [0.717, 1.165) is 17.0 Å². The van der Waals surface area contributed by atoms with E-state index in [9.17, 15) is 0 Å².